The first kappa shape index (κ1) is 13.9. The summed E-state index contributed by atoms with van der Waals surface area (Å²) in [7, 11) is 0. The standard InChI is InChI=1S/C15H15Cl2NO2/c1-8-2-4-10-11(6-8)15(20)18(14(10)19)9-3-5-12(16)13(17)7-9/h3,5,7-8,10-11H,2,4,6H2,1H3/t8-,10-,11+/m1/s1. The van der Waals surface area contributed by atoms with E-state index < -0.39 is 0 Å². The van der Waals surface area contributed by atoms with E-state index in [0.29, 0.717) is 21.7 Å². The number of carbonyl (C=O) groups excluding carboxylic acids is 2. The van der Waals surface area contributed by atoms with E-state index in [4.69, 9.17) is 23.2 Å². The van der Waals surface area contributed by atoms with Gasteiger partial charge in [0.15, 0.2) is 0 Å². The highest BCUT2D eigenvalue weighted by atomic mass is 35.5. The minimum Gasteiger partial charge on any atom is -0.274 e. The second-order valence-electron chi connectivity index (χ2n) is 5.74. The smallest absolute Gasteiger partial charge is 0.237 e. The van der Waals surface area contributed by atoms with Crippen LogP contribution >= 0.6 is 23.2 Å². The predicted molar refractivity (Wildman–Crippen MR) is 79.0 cm³/mol. The van der Waals surface area contributed by atoms with Gasteiger partial charge < -0.3 is 0 Å². The van der Waals surface area contributed by atoms with Gasteiger partial charge in [0.1, 0.15) is 0 Å². The average Bonchev–Trinajstić information content (AvgIpc) is 2.65. The maximum absolute atomic E-state index is 12.5. The summed E-state index contributed by atoms with van der Waals surface area (Å²) >= 11 is 11.9. The molecule has 20 heavy (non-hydrogen) atoms. The largest absolute Gasteiger partial charge is 0.274 e. The second-order valence-corrected chi connectivity index (χ2v) is 6.56. The van der Waals surface area contributed by atoms with Crippen molar-refractivity contribution in [1.29, 1.82) is 0 Å². The molecule has 3 rings (SSSR count). The molecule has 1 saturated heterocycles. The maximum Gasteiger partial charge on any atom is 0.237 e. The summed E-state index contributed by atoms with van der Waals surface area (Å²) in [6.07, 6.45) is 2.61. The first-order chi connectivity index (χ1) is 9.49. The SMILES string of the molecule is C[C@@H]1CC[C@H]2C(=O)N(c3ccc(Cl)c(Cl)c3)C(=O)[C@H]2C1. The molecule has 0 unspecified atom stereocenters. The van der Waals surface area contributed by atoms with Gasteiger partial charge >= 0.3 is 0 Å². The molecule has 0 spiro atoms. The van der Waals surface area contributed by atoms with Crippen LogP contribution in [0.25, 0.3) is 0 Å². The van der Waals surface area contributed by atoms with Crippen molar-refractivity contribution in [2.24, 2.45) is 17.8 Å². The Bertz CT molecular complexity index is 587. The monoisotopic (exact) mass is 311 g/mol. The Balaban J connectivity index is 1.96. The van der Waals surface area contributed by atoms with Gasteiger partial charge in [-0.05, 0) is 43.4 Å². The number of amides is 2. The van der Waals surface area contributed by atoms with Gasteiger partial charge in [-0.25, -0.2) is 0 Å². The molecule has 2 fully saturated rings. The Kier molecular flexibility index (Phi) is 3.51. The molecule has 1 heterocycles. The zero-order valence-corrected chi connectivity index (χ0v) is 12.6. The molecule has 2 aliphatic rings. The van der Waals surface area contributed by atoms with Gasteiger partial charge in [0.25, 0.3) is 0 Å². The number of rotatable bonds is 1. The van der Waals surface area contributed by atoms with Crippen LogP contribution in [-0.2, 0) is 9.59 Å². The Morgan fingerprint density at radius 2 is 1.75 bits per heavy atom. The number of anilines is 1. The van der Waals surface area contributed by atoms with E-state index in [1.165, 1.54) is 4.90 Å². The third kappa shape index (κ3) is 2.13. The van der Waals surface area contributed by atoms with Crippen LogP contribution in [0.5, 0.6) is 0 Å². The molecule has 3 nitrogen and oxygen atoms in total. The molecule has 2 amide bonds. The zero-order valence-electron chi connectivity index (χ0n) is 11.1. The lowest BCUT2D eigenvalue weighted by molar-refractivity contribution is -0.122. The first-order valence-electron chi connectivity index (χ1n) is 6.82. The van der Waals surface area contributed by atoms with E-state index in [1.54, 1.807) is 18.2 Å². The number of benzene rings is 1. The van der Waals surface area contributed by atoms with Gasteiger partial charge in [0, 0.05) is 0 Å². The molecule has 0 aromatic heterocycles. The van der Waals surface area contributed by atoms with E-state index in [0.717, 1.165) is 19.3 Å². The summed E-state index contributed by atoms with van der Waals surface area (Å²) in [5.41, 5.74) is 0.524. The first-order valence-corrected chi connectivity index (χ1v) is 7.57. The Morgan fingerprint density at radius 3 is 2.45 bits per heavy atom. The predicted octanol–water partition coefficient (Wildman–Crippen LogP) is 3.92. The lowest BCUT2D eigenvalue weighted by Gasteiger charge is -2.25. The molecule has 0 N–H and O–H groups in total. The number of imide groups is 1. The molecule has 106 valence electrons. The maximum atomic E-state index is 12.5. The molecule has 0 bridgehead atoms. The Hall–Kier alpha value is -1.06. The van der Waals surface area contributed by atoms with Crippen LogP contribution in [0.2, 0.25) is 10.0 Å². The molecule has 1 aliphatic carbocycles. The lowest BCUT2D eigenvalue weighted by atomic mass is 9.76. The van der Waals surface area contributed by atoms with Crippen LogP contribution in [0, 0.1) is 17.8 Å². The summed E-state index contributed by atoms with van der Waals surface area (Å²) in [6, 6.07) is 4.87. The summed E-state index contributed by atoms with van der Waals surface area (Å²) in [4.78, 5) is 26.3. The zero-order chi connectivity index (χ0) is 14.4. The summed E-state index contributed by atoms with van der Waals surface area (Å²) in [6.45, 7) is 2.13. The molecule has 1 aromatic rings. The van der Waals surface area contributed by atoms with Crippen molar-refractivity contribution < 1.29 is 9.59 Å². The number of hydrogen-bond donors (Lipinski definition) is 0. The van der Waals surface area contributed by atoms with Crippen molar-refractivity contribution in [3.8, 4) is 0 Å². The van der Waals surface area contributed by atoms with E-state index in [1.807, 2.05) is 0 Å². The van der Waals surface area contributed by atoms with Gasteiger partial charge in [-0.2, -0.15) is 0 Å². The topological polar surface area (TPSA) is 37.4 Å². The number of fused-ring (bicyclic) bond motifs is 1. The molecule has 1 saturated carbocycles. The molecule has 5 heteroatoms. The van der Waals surface area contributed by atoms with E-state index >= 15 is 0 Å². The van der Waals surface area contributed by atoms with Crippen LogP contribution in [0.3, 0.4) is 0 Å². The van der Waals surface area contributed by atoms with Crippen molar-refractivity contribution >= 4 is 40.7 Å². The lowest BCUT2D eigenvalue weighted by Crippen LogP contribution is -2.30. The quantitative estimate of drug-likeness (QED) is 0.737. The van der Waals surface area contributed by atoms with Gasteiger partial charge in [0.2, 0.25) is 11.8 Å². The van der Waals surface area contributed by atoms with E-state index in [-0.39, 0.29) is 23.7 Å². The van der Waals surface area contributed by atoms with E-state index in [2.05, 4.69) is 6.92 Å². The summed E-state index contributed by atoms with van der Waals surface area (Å²) in [5.74, 6) is -0.00848. The van der Waals surface area contributed by atoms with Gasteiger partial charge in [-0.1, -0.05) is 30.1 Å². The minimum atomic E-state index is -0.166. The van der Waals surface area contributed by atoms with Gasteiger partial charge in [0.05, 0.1) is 27.6 Å². The van der Waals surface area contributed by atoms with Crippen LogP contribution in [0.4, 0.5) is 5.69 Å². The molecule has 1 aliphatic heterocycles. The van der Waals surface area contributed by atoms with Crippen molar-refractivity contribution in [2.75, 3.05) is 4.90 Å². The molecule has 3 atom stereocenters. The number of hydrogen-bond acceptors (Lipinski definition) is 2. The number of halogens is 2. The van der Waals surface area contributed by atoms with Crippen molar-refractivity contribution in [3.63, 3.8) is 0 Å². The van der Waals surface area contributed by atoms with Gasteiger partial charge in [-0.3, -0.25) is 14.5 Å². The van der Waals surface area contributed by atoms with Gasteiger partial charge in [-0.15, -0.1) is 0 Å². The third-order valence-corrected chi connectivity index (χ3v) is 5.09. The fourth-order valence-electron chi connectivity index (χ4n) is 3.27. The summed E-state index contributed by atoms with van der Waals surface area (Å²) in [5, 5.41) is 0.772. The highest BCUT2D eigenvalue weighted by Crippen LogP contribution is 2.42. The average molecular weight is 312 g/mol. The van der Waals surface area contributed by atoms with Crippen molar-refractivity contribution in [3.05, 3.63) is 28.2 Å². The highest BCUT2D eigenvalue weighted by molar-refractivity contribution is 6.42. The minimum absolute atomic E-state index is 0.0923. The Morgan fingerprint density at radius 1 is 1.05 bits per heavy atom. The number of carbonyl (C=O) groups is 2. The Labute approximate surface area is 127 Å². The van der Waals surface area contributed by atoms with Crippen LogP contribution < -0.4 is 4.90 Å². The molecular formula is C15H15Cl2NO2. The fraction of sp³-hybridized carbons (Fsp3) is 0.467. The van der Waals surface area contributed by atoms with Crippen LogP contribution in [0.15, 0.2) is 18.2 Å². The second kappa shape index (κ2) is 5.05. The summed E-state index contributed by atoms with van der Waals surface area (Å²) < 4.78 is 0. The van der Waals surface area contributed by atoms with Crippen molar-refractivity contribution in [2.45, 2.75) is 26.2 Å². The van der Waals surface area contributed by atoms with Crippen molar-refractivity contribution in [1.82, 2.24) is 0 Å². The highest BCUT2D eigenvalue weighted by Gasteiger charge is 2.49. The molecule has 1 aromatic carbocycles. The normalized spacial score (nSPS) is 29.8. The molecular weight excluding hydrogens is 297 g/mol. The van der Waals surface area contributed by atoms with E-state index in [9.17, 15) is 9.59 Å². The fourth-order valence-corrected chi connectivity index (χ4v) is 3.56. The third-order valence-electron chi connectivity index (χ3n) is 4.35. The van der Waals surface area contributed by atoms with Crippen LogP contribution in [0.1, 0.15) is 26.2 Å². The van der Waals surface area contributed by atoms with Crippen LogP contribution in [-0.4, -0.2) is 11.8 Å². The molecule has 0 radical (unpaired) electrons. The number of nitrogens with zero attached hydrogens (tertiary/aromatic N) is 1.